The molecule has 0 saturated carbocycles. The summed E-state index contributed by atoms with van der Waals surface area (Å²) in [4.78, 5) is 10.2. The van der Waals surface area contributed by atoms with Gasteiger partial charge in [-0.2, -0.15) is 0 Å². The number of hydrogen-bond donors (Lipinski definition) is 1. The average Bonchev–Trinajstić information content (AvgIpc) is 2.94. The van der Waals surface area contributed by atoms with E-state index in [9.17, 15) is 0 Å². The molecular formula is C16H22N4O2S. The third kappa shape index (κ3) is 3.73. The molecule has 0 aromatic carbocycles. The summed E-state index contributed by atoms with van der Waals surface area (Å²) in [5.74, 6) is 0.765. The number of aromatic nitrogens is 3. The van der Waals surface area contributed by atoms with Gasteiger partial charge in [-0.25, -0.2) is 9.97 Å². The predicted molar refractivity (Wildman–Crippen MR) is 89.4 cm³/mol. The van der Waals surface area contributed by atoms with Gasteiger partial charge in [0, 0.05) is 15.8 Å². The summed E-state index contributed by atoms with van der Waals surface area (Å²) in [6.07, 6.45) is 1.51. The van der Waals surface area contributed by atoms with Crippen LogP contribution in [0.25, 0.3) is 11.0 Å². The van der Waals surface area contributed by atoms with Gasteiger partial charge in [0.2, 0.25) is 0 Å². The molecule has 1 aliphatic heterocycles. The van der Waals surface area contributed by atoms with Crippen molar-refractivity contribution >= 4 is 22.8 Å². The highest BCUT2D eigenvalue weighted by Gasteiger charge is 2.19. The van der Waals surface area contributed by atoms with Crippen molar-refractivity contribution in [3.8, 4) is 0 Å². The molecule has 2 aromatic rings. The van der Waals surface area contributed by atoms with Gasteiger partial charge in [0.1, 0.15) is 11.3 Å². The molecule has 0 atom stereocenters. The monoisotopic (exact) mass is 334 g/mol. The van der Waals surface area contributed by atoms with Crippen LogP contribution in [-0.4, -0.2) is 38.8 Å². The zero-order valence-corrected chi connectivity index (χ0v) is 14.7. The molecule has 2 aromatic heterocycles. The van der Waals surface area contributed by atoms with E-state index in [0.29, 0.717) is 30.8 Å². The topological polar surface area (TPSA) is 73.0 Å². The van der Waals surface area contributed by atoms with Crippen LogP contribution in [0.5, 0.6) is 0 Å². The molecule has 3 heterocycles. The van der Waals surface area contributed by atoms with Gasteiger partial charge >= 0.3 is 0 Å². The molecule has 7 heteroatoms. The number of pyridine rings is 1. The van der Waals surface area contributed by atoms with Gasteiger partial charge in [-0.1, -0.05) is 20.8 Å². The van der Waals surface area contributed by atoms with Crippen LogP contribution in [0, 0.1) is 12.3 Å². The van der Waals surface area contributed by atoms with Crippen LogP contribution in [0.4, 0.5) is 0 Å². The highest BCUT2D eigenvalue weighted by molar-refractivity contribution is 8.00. The Morgan fingerprint density at radius 2 is 2.04 bits per heavy atom. The van der Waals surface area contributed by atoms with Crippen LogP contribution in [-0.2, 0) is 16.0 Å². The molecule has 6 nitrogen and oxygen atoms in total. The summed E-state index contributed by atoms with van der Waals surface area (Å²) in [6.45, 7) is 10.1. The molecule has 3 rings (SSSR count). The number of ether oxygens (including phenoxy) is 2. The molecule has 124 valence electrons. The van der Waals surface area contributed by atoms with Crippen molar-refractivity contribution in [2.45, 2.75) is 50.2 Å². The standard InChI is InChI=1S/C16H22N4O2S/c1-10-19-12-7-11(23-16(2,3)4)8-18-14(12)15(17)20(10)9-13-21-5-6-22-13/h7-8,13,17H,5-6,9H2,1-4H3. The molecule has 0 aliphatic carbocycles. The summed E-state index contributed by atoms with van der Waals surface area (Å²) in [5, 5.41) is 8.44. The zero-order chi connectivity index (χ0) is 16.6. The van der Waals surface area contributed by atoms with Crippen molar-refractivity contribution in [3.63, 3.8) is 0 Å². The Morgan fingerprint density at radius 3 is 2.70 bits per heavy atom. The Kier molecular flexibility index (Phi) is 4.44. The van der Waals surface area contributed by atoms with Crippen molar-refractivity contribution < 1.29 is 9.47 Å². The van der Waals surface area contributed by atoms with E-state index in [4.69, 9.17) is 14.9 Å². The van der Waals surface area contributed by atoms with E-state index in [-0.39, 0.29) is 11.0 Å². The number of rotatable bonds is 3. The molecule has 23 heavy (non-hydrogen) atoms. The number of thioether (sulfide) groups is 1. The van der Waals surface area contributed by atoms with Crippen molar-refractivity contribution in [2.75, 3.05) is 13.2 Å². The number of nitrogens with one attached hydrogen (secondary N) is 1. The summed E-state index contributed by atoms with van der Waals surface area (Å²) < 4.78 is 12.9. The van der Waals surface area contributed by atoms with Gasteiger partial charge in [-0.15, -0.1) is 11.8 Å². The van der Waals surface area contributed by atoms with Crippen LogP contribution in [0.15, 0.2) is 17.2 Å². The van der Waals surface area contributed by atoms with Gasteiger partial charge in [0.25, 0.3) is 0 Å². The fourth-order valence-corrected chi connectivity index (χ4v) is 3.50. The van der Waals surface area contributed by atoms with Gasteiger partial charge in [-0.05, 0) is 13.0 Å². The highest BCUT2D eigenvalue weighted by Crippen LogP contribution is 2.32. The molecule has 0 amide bonds. The Bertz CT molecular complexity index is 776. The first kappa shape index (κ1) is 16.4. The molecule has 1 fully saturated rings. The lowest BCUT2D eigenvalue weighted by molar-refractivity contribution is -0.0537. The van der Waals surface area contributed by atoms with Crippen molar-refractivity contribution in [1.82, 2.24) is 14.5 Å². The van der Waals surface area contributed by atoms with E-state index in [2.05, 4.69) is 30.7 Å². The summed E-state index contributed by atoms with van der Waals surface area (Å²) in [5.41, 5.74) is 1.71. The fraction of sp³-hybridized carbons (Fsp3) is 0.562. The largest absolute Gasteiger partial charge is 0.348 e. The van der Waals surface area contributed by atoms with Crippen LogP contribution in [0.2, 0.25) is 0 Å². The number of nitrogens with zero attached hydrogens (tertiary/aromatic N) is 3. The van der Waals surface area contributed by atoms with E-state index in [1.54, 1.807) is 16.3 Å². The molecular weight excluding hydrogens is 312 g/mol. The smallest absolute Gasteiger partial charge is 0.175 e. The SMILES string of the molecule is Cc1nc2cc(SC(C)(C)C)cnc2c(=N)n1CC1OCCO1. The lowest BCUT2D eigenvalue weighted by Gasteiger charge is -2.18. The third-order valence-electron chi connectivity index (χ3n) is 3.46. The van der Waals surface area contributed by atoms with E-state index in [0.717, 1.165) is 16.2 Å². The maximum atomic E-state index is 8.44. The van der Waals surface area contributed by atoms with Gasteiger partial charge < -0.3 is 14.0 Å². The normalized spacial score (nSPS) is 16.3. The number of hydrogen-bond acceptors (Lipinski definition) is 6. The summed E-state index contributed by atoms with van der Waals surface area (Å²) in [7, 11) is 0. The molecule has 0 bridgehead atoms. The lowest BCUT2D eigenvalue weighted by Crippen LogP contribution is -2.30. The quantitative estimate of drug-likeness (QED) is 0.873. The molecule has 0 radical (unpaired) electrons. The third-order valence-corrected chi connectivity index (χ3v) is 4.53. The van der Waals surface area contributed by atoms with Crippen molar-refractivity contribution in [2.24, 2.45) is 0 Å². The van der Waals surface area contributed by atoms with Crippen LogP contribution >= 0.6 is 11.8 Å². The molecule has 0 unspecified atom stereocenters. The van der Waals surface area contributed by atoms with Crippen LogP contribution < -0.4 is 5.49 Å². The fourth-order valence-electron chi connectivity index (χ4n) is 2.52. The lowest BCUT2D eigenvalue weighted by atomic mass is 10.3. The van der Waals surface area contributed by atoms with E-state index in [1.165, 1.54) is 0 Å². The number of fused-ring (bicyclic) bond motifs is 1. The van der Waals surface area contributed by atoms with Crippen molar-refractivity contribution in [1.29, 1.82) is 5.41 Å². The van der Waals surface area contributed by atoms with Crippen molar-refractivity contribution in [3.05, 3.63) is 23.6 Å². The summed E-state index contributed by atoms with van der Waals surface area (Å²) in [6, 6.07) is 2.01. The maximum absolute atomic E-state index is 8.44. The van der Waals surface area contributed by atoms with Gasteiger partial charge in [-0.3, -0.25) is 5.41 Å². The van der Waals surface area contributed by atoms with E-state index < -0.39 is 0 Å². The molecule has 0 spiro atoms. The van der Waals surface area contributed by atoms with E-state index in [1.807, 2.05) is 19.2 Å². The first-order valence-corrected chi connectivity index (χ1v) is 8.49. The Hall–Kier alpha value is -1.44. The number of aryl methyl sites for hydroxylation is 1. The maximum Gasteiger partial charge on any atom is 0.175 e. The minimum Gasteiger partial charge on any atom is -0.348 e. The summed E-state index contributed by atoms with van der Waals surface area (Å²) >= 11 is 1.75. The Balaban J connectivity index is 1.98. The van der Waals surface area contributed by atoms with E-state index >= 15 is 0 Å². The van der Waals surface area contributed by atoms with Gasteiger partial charge in [0.05, 0.1) is 25.3 Å². The Labute approximate surface area is 139 Å². The van der Waals surface area contributed by atoms with Crippen LogP contribution in [0.1, 0.15) is 26.6 Å². The highest BCUT2D eigenvalue weighted by atomic mass is 32.2. The average molecular weight is 334 g/mol. The first-order chi connectivity index (χ1) is 10.8. The predicted octanol–water partition coefficient (Wildman–Crippen LogP) is 2.48. The second kappa shape index (κ2) is 6.22. The second-order valence-electron chi connectivity index (χ2n) is 6.54. The molecule has 1 aliphatic rings. The molecule has 1 saturated heterocycles. The van der Waals surface area contributed by atoms with Gasteiger partial charge in [0.15, 0.2) is 11.8 Å². The minimum atomic E-state index is -0.308. The minimum absolute atomic E-state index is 0.111. The zero-order valence-electron chi connectivity index (χ0n) is 13.9. The van der Waals surface area contributed by atoms with Crippen LogP contribution in [0.3, 0.4) is 0 Å². The second-order valence-corrected chi connectivity index (χ2v) is 8.44. The first-order valence-electron chi connectivity index (χ1n) is 7.67. The molecule has 1 N–H and O–H groups in total. The Morgan fingerprint density at radius 1 is 1.35 bits per heavy atom.